The Labute approximate surface area is 100 Å². The van der Waals surface area contributed by atoms with Crippen LogP contribution in [0.15, 0.2) is 16.7 Å². The lowest BCUT2D eigenvalue weighted by molar-refractivity contribution is 0.489. The predicted octanol–water partition coefficient (Wildman–Crippen LogP) is 3.07. The van der Waals surface area contributed by atoms with Gasteiger partial charge in [0.1, 0.15) is 0 Å². The Morgan fingerprint density at radius 3 is 2.67 bits per heavy atom. The van der Waals surface area contributed by atoms with E-state index in [0.717, 1.165) is 23.0 Å². The SMILES string of the molecule is Cc1cc(Br)cnc1CC(N)CC(C)C. The van der Waals surface area contributed by atoms with E-state index in [9.17, 15) is 0 Å². The number of hydrogen-bond donors (Lipinski definition) is 1. The number of nitrogens with two attached hydrogens (primary N) is 1. The van der Waals surface area contributed by atoms with E-state index in [0.29, 0.717) is 5.92 Å². The van der Waals surface area contributed by atoms with E-state index in [1.54, 1.807) is 0 Å². The highest BCUT2D eigenvalue weighted by atomic mass is 79.9. The molecular weight excluding hydrogens is 252 g/mol. The second kappa shape index (κ2) is 5.61. The number of aromatic nitrogens is 1. The third-order valence-electron chi connectivity index (χ3n) is 2.38. The van der Waals surface area contributed by atoms with Crippen LogP contribution in [0.25, 0.3) is 0 Å². The quantitative estimate of drug-likeness (QED) is 0.914. The van der Waals surface area contributed by atoms with Gasteiger partial charge in [0, 0.05) is 28.8 Å². The molecule has 1 aromatic heterocycles. The molecule has 0 spiro atoms. The van der Waals surface area contributed by atoms with Gasteiger partial charge in [-0.2, -0.15) is 0 Å². The molecular formula is C12H19BrN2. The van der Waals surface area contributed by atoms with Crippen molar-refractivity contribution in [1.29, 1.82) is 0 Å². The van der Waals surface area contributed by atoms with Crippen molar-refractivity contribution < 1.29 is 0 Å². The van der Waals surface area contributed by atoms with Gasteiger partial charge in [0.25, 0.3) is 0 Å². The molecule has 0 amide bonds. The van der Waals surface area contributed by atoms with Crippen LogP contribution in [0.2, 0.25) is 0 Å². The third-order valence-corrected chi connectivity index (χ3v) is 2.82. The van der Waals surface area contributed by atoms with E-state index in [-0.39, 0.29) is 6.04 Å². The van der Waals surface area contributed by atoms with Gasteiger partial charge in [0.15, 0.2) is 0 Å². The summed E-state index contributed by atoms with van der Waals surface area (Å²) < 4.78 is 1.03. The maximum absolute atomic E-state index is 6.06. The maximum atomic E-state index is 6.06. The van der Waals surface area contributed by atoms with E-state index < -0.39 is 0 Å². The second-order valence-corrected chi connectivity index (χ2v) is 5.43. The molecule has 84 valence electrons. The predicted molar refractivity (Wildman–Crippen MR) is 67.8 cm³/mol. The van der Waals surface area contributed by atoms with Gasteiger partial charge in [-0.1, -0.05) is 13.8 Å². The molecule has 0 aromatic carbocycles. The fraction of sp³-hybridized carbons (Fsp3) is 0.583. The second-order valence-electron chi connectivity index (χ2n) is 4.51. The summed E-state index contributed by atoms with van der Waals surface area (Å²) in [6.07, 6.45) is 3.76. The lowest BCUT2D eigenvalue weighted by atomic mass is 9.99. The Bertz CT molecular complexity index is 323. The van der Waals surface area contributed by atoms with Gasteiger partial charge in [-0.05, 0) is 46.8 Å². The Hall–Kier alpha value is -0.410. The molecule has 0 aliphatic carbocycles. The minimum Gasteiger partial charge on any atom is -0.327 e. The lowest BCUT2D eigenvalue weighted by Crippen LogP contribution is -2.25. The summed E-state index contributed by atoms with van der Waals surface area (Å²) in [5, 5.41) is 0. The smallest absolute Gasteiger partial charge is 0.0449 e. The van der Waals surface area contributed by atoms with Crippen molar-refractivity contribution in [3.05, 3.63) is 28.0 Å². The molecule has 1 aromatic rings. The van der Waals surface area contributed by atoms with Gasteiger partial charge >= 0.3 is 0 Å². The highest BCUT2D eigenvalue weighted by Gasteiger charge is 2.09. The Balaban J connectivity index is 2.64. The molecule has 2 N–H and O–H groups in total. The van der Waals surface area contributed by atoms with Crippen molar-refractivity contribution in [2.75, 3.05) is 0 Å². The van der Waals surface area contributed by atoms with Gasteiger partial charge in [0.2, 0.25) is 0 Å². The number of nitrogens with zero attached hydrogens (tertiary/aromatic N) is 1. The van der Waals surface area contributed by atoms with Crippen molar-refractivity contribution in [1.82, 2.24) is 4.98 Å². The summed E-state index contributed by atoms with van der Waals surface area (Å²) in [5.41, 5.74) is 8.39. The van der Waals surface area contributed by atoms with Crippen LogP contribution in [-0.4, -0.2) is 11.0 Å². The molecule has 0 saturated carbocycles. The number of halogens is 1. The fourth-order valence-corrected chi connectivity index (χ4v) is 2.17. The summed E-state index contributed by atoms with van der Waals surface area (Å²) >= 11 is 3.41. The van der Waals surface area contributed by atoms with Crippen LogP contribution < -0.4 is 5.73 Å². The number of pyridine rings is 1. The summed E-state index contributed by atoms with van der Waals surface area (Å²) in [6, 6.07) is 2.31. The molecule has 1 unspecified atom stereocenters. The van der Waals surface area contributed by atoms with E-state index in [1.165, 1.54) is 5.56 Å². The summed E-state index contributed by atoms with van der Waals surface area (Å²) in [6.45, 7) is 6.47. The molecule has 0 aliphatic heterocycles. The fourth-order valence-electron chi connectivity index (χ4n) is 1.72. The van der Waals surface area contributed by atoms with Crippen molar-refractivity contribution in [3.8, 4) is 0 Å². The Kier molecular flexibility index (Phi) is 4.74. The average molecular weight is 271 g/mol. The minimum absolute atomic E-state index is 0.220. The third kappa shape index (κ3) is 4.31. The van der Waals surface area contributed by atoms with Gasteiger partial charge in [-0.3, -0.25) is 4.98 Å². The van der Waals surface area contributed by atoms with Crippen molar-refractivity contribution in [3.63, 3.8) is 0 Å². The van der Waals surface area contributed by atoms with Crippen LogP contribution in [0.1, 0.15) is 31.5 Å². The van der Waals surface area contributed by atoms with Crippen LogP contribution in [-0.2, 0) is 6.42 Å². The normalized spacial score (nSPS) is 13.2. The maximum Gasteiger partial charge on any atom is 0.0449 e. The topological polar surface area (TPSA) is 38.9 Å². The highest BCUT2D eigenvalue weighted by molar-refractivity contribution is 9.10. The van der Waals surface area contributed by atoms with Crippen LogP contribution in [0.4, 0.5) is 0 Å². The van der Waals surface area contributed by atoms with Gasteiger partial charge in [-0.25, -0.2) is 0 Å². The van der Waals surface area contributed by atoms with E-state index in [1.807, 2.05) is 6.20 Å². The molecule has 3 heteroatoms. The monoisotopic (exact) mass is 270 g/mol. The Morgan fingerprint density at radius 2 is 2.13 bits per heavy atom. The first-order chi connectivity index (χ1) is 6.99. The first-order valence-electron chi connectivity index (χ1n) is 5.35. The van der Waals surface area contributed by atoms with E-state index in [4.69, 9.17) is 5.73 Å². The molecule has 0 fully saturated rings. The standard InChI is InChI=1S/C12H19BrN2/c1-8(2)4-11(14)6-12-9(3)5-10(13)7-15-12/h5,7-8,11H,4,6,14H2,1-3H3. The molecule has 0 aliphatic rings. The van der Waals surface area contributed by atoms with Gasteiger partial charge < -0.3 is 5.73 Å². The lowest BCUT2D eigenvalue weighted by Gasteiger charge is -2.14. The van der Waals surface area contributed by atoms with E-state index >= 15 is 0 Å². The number of hydrogen-bond acceptors (Lipinski definition) is 2. The Morgan fingerprint density at radius 1 is 1.47 bits per heavy atom. The van der Waals surface area contributed by atoms with Gasteiger partial charge in [0.05, 0.1) is 0 Å². The number of rotatable bonds is 4. The number of aryl methyl sites for hydroxylation is 1. The molecule has 1 atom stereocenters. The first kappa shape index (κ1) is 12.7. The zero-order valence-electron chi connectivity index (χ0n) is 9.63. The highest BCUT2D eigenvalue weighted by Crippen LogP contribution is 2.15. The molecule has 0 radical (unpaired) electrons. The zero-order chi connectivity index (χ0) is 11.4. The molecule has 2 nitrogen and oxygen atoms in total. The summed E-state index contributed by atoms with van der Waals surface area (Å²) in [7, 11) is 0. The minimum atomic E-state index is 0.220. The van der Waals surface area contributed by atoms with Crippen molar-refractivity contribution in [2.24, 2.45) is 11.7 Å². The van der Waals surface area contributed by atoms with Gasteiger partial charge in [-0.15, -0.1) is 0 Å². The summed E-state index contributed by atoms with van der Waals surface area (Å²) in [4.78, 5) is 4.40. The van der Waals surface area contributed by atoms with Crippen LogP contribution in [0.3, 0.4) is 0 Å². The largest absolute Gasteiger partial charge is 0.327 e. The van der Waals surface area contributed by atoms with E-state index in [2.05, 4.69) is 47.8 Å². The van der Waals surface area contributed by atoms with Crippen LogP contribution in [0, 0.1) is 12.8 Å². The molecule has 15 heavy (non-hydrogen) atoms. The zero-order valence-corrected chi connectivity index (χ0v) is 11.2. The molecule has 0 bridgehead atoms. The molecule has 1 heterocycles. The van der Waals surface area contributed by atoms with Crippen molar-refractivity contribution >= 4 is 15.9 Å². The van der Waals surface area contributed by atoms with Crippen molar-refractivity contribution in [2.45, 2.75) is 39.7 Å². The molecule has 0 saturated heterocycles. The molecule has 1 rings (SSSR count). The van der Waals surface area contributed by atoms with Crippen LogP contribution >= 0.6 is 15.9 Å². The average Bonchev–Trinajstić information content (AvgIpc) is 2.08. The summed E-state index contributed by atoms with van der Waals surface area (Å²) in [5.74, 6) is 0.649. The first-order valence-corrected chi connectivity index (χ1v) is 6.15. The van der Waals surface area contributed by atoms with Crippen LogP contribution in [0.5, 0.6) is 0 Å².